The van der Waals surface area contributed by atoms with Crippen molar-refractivity contribution in [2.45, 2.75) is 77.2 Å². The highest BCUT2D eigenvalue weighted by Gasteiger charge is 2.35. The molecule has 0 spiro atoms. The van der Waals surface area contributed by atoms with Crippen LogP contribution in [-0.4, -0.2) is 82.2 Å². The molecule has 0 radical (unpaired) electrons. The number of hydrogen-bond donors (Lipinski definition) is 4. The quantitative estimate of drug-likeness (QED) is 0.278. The predicted octanol–water partition coefficient (Wildman–Crippen LogP) is 4.55. The van der Waals surface area contributed by atoms with Gasteiger partial charge in [0.1, 0.15) is 5.60 Å². The summed E-state index contributed by atoms with van der Waals surface area (Å²) in [7, 11) is 0. The Labute approximate surface area is 252 Å². The van der Waals surface area contributed by atoms with Crippen molar-refractivity contribution in [1.82, 2.24) is 20.5 Å². The number of alkyl carbamates (subject to hydrolysis) is 1. The third kappa shape index (κ3) is 8.94. The lowest BCUT2D eigenvalue weighted by Crippen LogP contribution is -2.52. The molecule has 13 nitrogen and oxygen atoms in total. The summed E-state index contributed by atoms with van der Waals surface area (Å²) in [6, 6.07) is 3.22. The number of benzene rings is 1. The van der Waals surface area contributed by atoms with Crippen LogP contribution in [0.4, 0.5) is 18.4 Å². The molecule has 4 rings (SSSR count). The van der Waals surface area contributed by atoms with E-state index in [0.29, 0.717) is 18.1 Å². The van der Waals surface area contributed by atoms with Gasteiger partial charge in [-0.1, -0.05) is 0 Å². The summed E-state index contributed by atoms with van der Waals surface area (Å²) in [5.41, 5.74) is -2.03. The van der Waals surface area contributed by atoms with E-state index in [1.54, 1.807) is 27.7 Å². The summed E-state index contributed by atoms with van der Waals surface area (Å²) in [6.07, 6.45) is 0.326. The van der Waals surface area contributed by atoms with Crippen LogP contribution < -0.4 is 20.1 Å². The van der Waals surface area contributed by atoms with Crippen molar-refractivity contribution in [3.8, 4) is 23.0 Å². The van der Waals surface area contributed by atoms with Gasteiger partial charge in [-0.2, -0.15) is 8.78 Å². The number of rotatable bonds is 11. The average molecular weight is 625 g/mol. The molecule has 0 bridgehead atoms. The topological polar surface area (TPSA) is 173 Å². The molecule has 2 heterocycles. The Hall–Kier alpha value is -4.14. The average Bonchev–Trinajstić information content (AvgIpc) is 3.65. The number of carbonyl (C=O) groups is 3. The monoisotopic (exact) mass is 624 g/mol. The Balaban J connectivity index is 1.59. The van der Waals surface area contributed by atoms with Crippen molar-refractivity contribution < 1.29 is 52.0 Å². The molecule has 15 heteroatoms. The fourth-order valence-electron chi connectivity index (χ4n) is 4.52. The number of likely N-dealkylation sites (tertiary alicyclic amines) is 1. The number of ether oxygens (including phenoxy) is 3. The van der Waals surface area contributed by atoms with Crippen molar-refractivity contribution in [3.63, 3.8) is 0 Å². The minimum atomic E-state index is -3.07. The molecule has 4 N–H and O–H groups in total. The molecule has 1 atom stereocenters. The number of halogens is 2. The summed E-state index contributed by atoms with van der Waals surface area (Å²) in [6.45, 7) is 3.91. The Morgan fingerprint density at radius 2 is 1.86 bits per heavy atom. The van der Waals surface area contributed by atoms with Gasteiger partial charge in [-0.05, 0) is 77.5 Å². The summed E-state index contributed by atoms with van der Waals surface area (Å²) >= 11 is 0. The highest BCUT2D eigenvalue weighted by atomic mass is 19.3. The SMILES string of the molecule is C[C@H](NC(=O)OC(C)(C)C)c1oc(-c2ccc(OC(F)F)c(OCC3CC3)c2)nc1C(=O)NCC1(O)CCN(C(=O)O)CC1. The second-order valence-electron chi connectivity index (χ2n) is 12.1. The van der Waals surface area contributed by atoms with Gasteiger partial charge in [-0.25, -0.2) is 14.6 Å². The first kappa shape index (κ1) is 32.8. The molecular formula is C29H38F2N4O9. The number of nitrogens with zero attached hydrogens (tertiary/aromatic N) is 2. The molecule has 2 aliphatic rings. The first-order chi connectivity index (χ1) is 20.6. The van der Waals surface area contributed by atoms with Crippen molar-refractivity contribution in [3.05, 3.63) is 29.7 Å². The van der Waals surface area contributed by atoms with Gasteiger partial charge in [0.05, 0.1) is 18.2 Å². The van der Waals surface area contributed by atoms with Crippen LogP contribution in [0.3, 0.4) is 0 Å². The summed E-state index contributed by atoms with van der Waals surface area (Å²) in [5.74, 6) is -0.593. The van der Waals surface area contributed by atoms with E-state index in [9.17, 15) is 33.4 Å². The number of hydrogen-bond acceptors (Lipinski definition) is 9. The van der Waals surface area contributed by atoms with Gasteiger partial charge in [-0.3, -0.25) is 4.79 Å². The molecule has 1 saturated heterocycles. The van der Waals surface area contributed by atoms with Gasteiger partial charge < -0.3 is 44.4 Å². The van der Waals surface area contributed by atoms with Crippen molar-refractivity contribution in [2.75, 3.05) is 26.2 Å². The molecule has 1 aliphatic carbocycles. The molecule has 0 unspecified atom stereocenters. The molecule has 2 fully saturated rings. The minimum absolute atomic E-state index is 0.0237. The minimum Gasteiger partial charge on any atom is -0.489 e. The molecule has 3 amide bonds. The second-order valence-corrected chi connectivity index (χ2v) is 12.1. The van der Waals surface area contributed by atoms with E-state index in [2.05, 4.69) is 20.4 Å². The number of piperidine rings is 1. The first-order valence-corrected chi connectivity index (χ1v) is 14.3. The van der Waals surface area contributed by atoms with Crippen LogP contribution in [0.1, 0.15) is 75.7 Å². The van der Waals surface area contributed by atoms with Crippen LogP contribution in [0, 0.1) is 5.92 Å². The Bertz CT molecular complexity index is 1350. The molecule has 2 aromatic rings. The van der Waals surface area contributed by atoms with Crippen LogP contribution in [0.5, 0.6) is 11.5 Å². The van der Waals surface area contributed by atoms with Crippen molar-refractivity contribution in [2.24, 2.45) is 5.92 Å². The van der Waals surface area contributed by atoms with Crippen LogP contribution in [0.25, 0.3) is 11.5 Å². The predicted molar refractivity (Wildman–Crippen MR) is 151 cm³/mol. The first-order valence-electron chi connectivity index (χ1n) is 14.3. The number of aliphatic hydroxyl groups is 1. The largest absolute Gasteiger partial charge is 0.489 e. The molecular weight excluding hydrogens is 586 g/mol. The maximum absolute atomic E-state index is 13.4. The van der Waals surface area contributed by atoms with E-state index in [4.69, 9.17) is 13.9 Å². The van der Waals surface area contributed by atoms with E-state index >= 15 is 0 Å². The summed E-state index contributed by atoms with van der Waals surface area (Å²) in [4.78, 5) is 42.6. The summed E-state index contributed by atoms with van der Waals surface area (Å²) < 4.78 is 47.7. The van der Waals surface area contributed by atoms with Gasteiger partial charge >= 0.3 is 18.8 Å². The standard InChI is InChI=1S/C29H38F2N4O9/c1-16(33-26(37)44-28(2,3)4)22-21(23(36)32-15-29(40)9-11-35(12-10-29)27(38)39)34-24(43-22)18-7-8-19(42-25(30)31)20(13-18)41-14-17-5-6-17/h7-8,13,16-17,25,40H,5-6,9-12,14-15H2,1-4H3,(H,32,36)(H,33,37)(H,38,39)/t16-/m0/s1. The maximum atomic E-state index is 13.4. The second kappa shape index (κ2) is 13.2. The van der Waals surface area contributed by atoms with Gasteiger partial charge in [0.25, 0.3) is 5.91 Å². The van der Waals surface area contributed by atoms with E-state index in [1.807, 2.05) is 0 Å². The number of carbonyl (C=O) groups excluding carboxylic acids is 2. The fourth-order valence-corrected chi connectivity index (χ4v) is 4.52. The number of alkyl halides is 2. The van der Waals surface area contributed by atoms with Crippen LogP contribution in [0.2, 0.25) is 0 Å². The highest BCUT2D eigenvalue weighted by molar-refractivity contribution is 5.94. The third-order valence-corrected chi connectivity index (χ3v) is 7.12. The molecule has 242 valence electrons. The number of aromatic nitrogens is 1. The van der Waals surface area contributed by atoms with Crippen LogP contribution in [0.15, 0.2) is 22.6 Å². The number of nitrogens with one attached hydrogen (secondary N) is 2. The molecule has 1 aliphatic heterocycles. The normalized spacial score (nSPS) is 17.1. The Kier molecular flexibility index (Phi) is 9.86. The van der Waals surface area contributed by atoms with E-state index in [-0.39, 0.29) is 61.3 Å². The molecule has 1 saturated carbocycles. The zero-order valence-corrected chi connectivity index (χ0v) is 25.0. The lowest BCUT2D eigenvalue weighted by Gasteiger charge is -2.36. The number of oxazole rings is 1. The Morgan fingerprint density at radius 1 is 1.18 bits per heavy atom. The highest BCUT2D eigenvalue weighted by Crippen LogP contribution is 2.37. The van der Waals surface area contributed by atoms with Gasteiger partial charge in [0, 0.05) is 25.2 Å². The van der Waals surface area contributed by atoms with Gasteiger partial charge in [0.2, 0.25) is 5.89 Å². The fraction of sp³-hybridized carbons (Fsp3) is 0.586. The van der Waals surface area contributed by atoms with E-state index < -0.39 is 41.9 Å². The van der Waals surface area contributed by atoms with E-state index in [0.717, 1.165) is 12.8 Å². The zero-order chi connectivity index (χ0) is 32.2. The van der Waals surface area contributed by atoms with Gasteiger partial charge in [-0.15, -0.1) is 0 Å². The number of amides is 3. The van der Waals surface area contributed by atoms with Crippen molar-refractivity contribution in [1.29, 1.82) is 0 Å². The van der Waals surface area contributed by atoms with Gasteiger partial charge in [0.15, 0.2) is 23.0 Å². The maximum Gasteiger partial charge on any atom is 0.408 e. The molecule has 1 aromatic heterocycles. The lowest BCUT2D eigenvalue weighted by molar-refractivity contribution is -0.0515. The molecule has 1 aromatic carbocycles. The smallest absolute Gasteiger partial charge is 0.408 e. The van der Waals surface area contributed by atoms with Crippen molar-refractivity contribution >= 4 is 18.1 Å². The third-order valence-electron chi connectivity index (χ3n) is 7.12. The molecule has 44 heavy (non-hydrogen) atoms. The summed E-state index contributed by atoms with van der Waals surface area (Å²) in [5, 5.41) is 25.4. The van der Waals surface area contributed by atoms with Crippen LogP contribution in [-0.2, 0) is 4.74 Å². The lowest BCUT2D eigenvalue weighted by atomic mass is 9.91. The Morgan fingerprint density at radius 3 is 2.45 bits per heavy atom. The van der Waals surface area contributed by atoms with Crippen LogP contribution >= 0.6 is 0 Å². The number of carboxylic acid groups (broad SMARTS) is 1. The zero-order valence-electron chi connectivity index (χ0n) is 25.0. The van der Waals surface area contributed by atoms with E-state index in [1.165, 1.54) is 23.1 Å².